The molecule has 7 nitrogen and oxygen atoms in total. The Labute approximate surface area is 205 Å². The van der Waals surface area contributed by atoms with E-state index in [0.717, 1.165) is 35.1 Å². The van der Waals surface area contributed by atoms with Gasteiger partial charge in [-0.25, -0.2) is 0 Å². The Hall–Kier alpha value is -2.35. The van der Waals surface area contributed by atoms with E-state index in [1.165, 1.54) is 20.0 Å². The van der Waals surface area contributed by atoms with E-state index in [1.54, 1.807) is 13.2 Å². The van der Waals surface area contributed by atoms with Crippen LogP contribution in [-0.4, -0.2) is 49.6 Å². The molecule has 1 saturated carbocycles. The summed E-state index contributed by atoms with van der Waals surface area (Å²) < 4.78 is 22.4. The number of aromatic nitrogens is 1. The zero-order valence-corrected chi connectivity index (χ0v) is 20.5. The first-order valence-electron chi connectivity index (χ1n) is 11.8. The fourth-order valence-corrected chi connectivity index (χ4v) is 5.22. The summed E-state index contributed by atoms with van der Waals surface area (Å²) in [4.78, 5) is 16.5. The highest BCUT2D eigenvalue weighted by atomic mass is 35.5. The van der Waals surface area contributed by atoms with Crippen molar-refractivity contribution in [3.05, 3.63) is 40.4 Å². The molecule has 2 heterocycles. The molecule has 184 valence electrons. The first kappa shape index (κ1) is 24.8. The van der Waals surface area contributed by atoms with Crippen LogP contribution in [0.1, 0.15) is 49.7 Å². The van der Waals surface area contributed by atoms with Crippen molar-refractivity contribution in [1.29, 1.82) is 0 Å². The van der Waals surface area contributed by atoms with Gasteiger partial charge in [-0.3, -0.25) is 4.79 Å². The molecule has 0 atom stereocenters. The van der Waals surface area contributed by atoms with E-state index in [-0.39, 0.29) is 12.0 Å². The molecule has 2 fully saturated rings. The average molecular weight is 490 g/mol. The number of carboxylic acid groups (broad SMARTS) is 1. The molecule has 0 amide bonds. The summed E-state index contributed by atoms with van der Waals surface area (Å²) >= 11 is 6.66. The van der Waals surface area contributed by atoms with Gasteiger partial charge in [0.05, 0.1) is 32.3 Å². The number of carboxylic acids is 1. The summed E-state index contributed by atoms with van der Waals surface area (Å²) in [5.41, 5.74) is 2.73. The van der Waals surface area contributed by atoms with Crippen LogP contribution in [0.3, 0.4) is 0 Å². The van der Waals surface area contributed by atoms with Gasteiger partial charge in [-0.2, -0.15) is 4.98 Å². The summed E-state index contributed by atoms with van der Waals surface area (Å²) in [7, 11) is 3.07. The Balaban J connectivity index is 1.72. The third-order valence-electron chi connectivity index (χ3n) is 6.99. The fourth-order valence-electron chi connectivity index (χ4n) is 4.94. The molecule has 1 aliphatic heterocycles. The van der Waals surface area contributed by atoms with Crippen LogP contribution in [0.5, 0.6) is 11.8 Å². The highest BCUT2D eigenvalue weighted by Crippen LogP contribution is 2.40. The van der Waals surface area contributed by atoms with Crippen LogP contribution < -0.4 is 9.47 Å². The number of ether oxygens (including phenoxy) is 4. The lowest BCUT2D eigenvalue weighted by atomic mass is 9.75. The van der Waals surface area contributed by atoms with Gasteiger partial charge >= 0.3 is 5.97 Å². The van der Waals surface area contributed by atoms with Gasteiger partial charge in [-0.15, -0.1) is 0 Å². The quantitative estimate of drug-likeness (QED) is 0.511. The Morgan fingerprint density at radius 2 is 1.88 bits per heavy atom. The van der Waals surface area contributed by atoms with Gasteiger partial charge in [-0.1, -0.05) is 42.6 Å². The van der Waals surface area contributed by atoms with Crippen molar-refractivity contribution in [3.63, 3.8) is 0 Å². The predicted octanol–water partition coefficient (Wildman–Crippen LogP) is 5.30. The Morgan fingerprint density at radius 3 is 2.53 bits per heavy atom. The van der Waals surface area contributed by atoms with E-state index < -0.39 is 11.4 Å². The first-order chi connectivity index (χ1) is 16.5. The third kappa shape index (κ3) is 5.32. The van der Waals surface area contributed by atoms with Gasteiger partial charge in [0.1, 0.15) is 5.02 Å². The van der Waals surface area contributed by atoms with E-state index in [2.05, 4.69) is 11.1 Å². The molecule has 0 bridgehead atoms. The zero-order valence-electron chi connectivity index (χ0n) is 19.8. The molecule has 1 aromatic carbocycles. The molecule has 34 heavy (non-hydrogen) atoms. The van der Waals surface area contributed by atoms with Crippen LogP contribution in [0.15, 0.2) is 24.3 Å². The number of aliphatic carboxylic acids is 1. The van der Waals surface area contributed by atoms with E-state index in [0.29, 0.717) is 50.0 Å². The largest absolute Gasteiger partial charge is 0.481 e. The molecule has 8 heteroatoms. The molecule has 4 rings (SSSR count). The number of pyridine rings is 1. The smallest absolute Gasteiger partial charge is 0.310 e. The van der Waals surface area contributed by atoms with Crippen LogP contribution in [0.25, 0.3) is 11.1 Å². The third-order valence-corrected chi connectivity index (χ3v) is 7.35. The number of rotatable bonds is 9. The van der Waals surface area contributed by atoms with Crippen molar-refractivity contribution in [2.75, 3.05) is 27.4 Å². The number of hydrogen-bond donors (Lipinski definition) is 1. The highest BCUT2D eigenvalue weighted by Gasteiger charge is 2.40. The number of halogens is 1. The second-order valence-corrected chi connectivity index (χ2v) is 9.50. The number of hydrogen-bond acceptors (Lipinski definition) is 6. The molecule has 2 aromatic rings. The van der Waals surface area contributed by atoms with Crippen LogP contribution in [-0.2, 0) is 27.3 Å². The maximum absolute atomic E-state index is 12.2. The Bertz CT molecular complexity index is 1010. The Kier molecular flexibility index (Phi) is 7.96. The molecular weight excluding hydrogens is 458 g/mol. The topological polar surface area (TPSA) is 87.1 Å². The molecule has 1 aromatic heterocycles. The minimum absolute atomic E-state index is 0.245. The fraction of sp³-hybridized carbons (Fsp3) is 0.538. The zero-order chi connectivity index (χ0) is 24.1. The van der Waals surface area contributed by atoms with Crippen molar-refractivity contribution >= 4 is 17.6 Å². The van der Waals surface area contributed by atoms with E-state index in [9.17, 15) is 9.90 Å². The molecular formula is C26H32ClNO6. The molecule has 0 unspecified atom stereocenters. The maximum atomic E-state index is 12.2. The van der Waals surface area contributed by atoms with Crippen molar-refractivity contribution in [2.24, 2.45) is 5.41 Å². The molecule has 0 spiro atoms. The van der Waals surface area contributed by atoms with Gasteiger partial charge < -0.3 is 24.1 Å². The number of benzene rings is 1. The number of nitrogens with zero attached hydrogens (tertiary/aromatic N) is 1. The highest BCUT2D eigenvalue weighted by molar-refractivity contribution is 6.34. The van der Waals surface area contributed by atoms with Crippen LogP contribution in [0, 0.1) is 5.41 Å². The van der Waals surface area contributed by atoms with Crippen LogP contribution in [0.2, 0.25) is 5.02 Å². The molecule has 2 aliphatic rings. The molecule has 0 radical (unpaired) electrons. The van der Waals surface area contributed by atoms with Crippen LogP contribution in [0.4, 0.5) is 0 Å². The van der Waals surface area contributed by atoms with Crippen molar-refractivity contribution in [3.8, 4) is 22.9 Å². The first-order valence-corrected chi connectivity index (χ1v) is 12.2. The molecule has 1 saturated heterocycles. The van der Waals surface area contributed by atoms with Crippen molar-refractivity contribution in [2.45, 2.75) is 57.7 Å². The van der Waals surface area contributed by atoms with Gasteiger partial charge in [0, 0.05) is 24.8 Å². The normalized spacial score (nSPS) is 18.1. The predicted molar refractivity (Wildman–Crippen MR) is 129 cm³/mol. The lowest BCUT2D eigenvalue weighted by Crippen LogP contribution is -2.39. The summed E-state index contributed by atoms with van der Waals surface area (Å²) in [5, 5.41) is 10.4. The summed E-state index contributed by atoms with van der Waals surface area (Å²) in [6.45, 7) is 1.35. The van der Waals surface area contributed by atoms with Crippen molar-refractivity contribution < 1.29 is 28.8 Å². The molecule has 1 N–H and O–H groups in total. The number of methoxy groups -OCH3 is 2. The second-order valence-electron chi connectivity index (χ2n) is 9.12. The van der Waals surface area contributed by atoms with Gasteiger partial charge in [0.15, 0.2) is 0 Å². The summed E-state index contributed by atoms with van der Waals surface area (Å²) in [6, 6.07) is 7.80. The Morgan fingerprint density at radius 1 is 1.15 bits per heavy atom. The summed E-state index contributed by atoms with van der Waals surface area (Å²) in [5.74, 6) is -0.0832. The van der Waals surface area contributed by atoms with E-state index in [4.69, 9.17) is 30.5 Å². The average Bonchev–Trinajstić information content (AvgIpc) is 3.37. The van der Waals surface area contributed by atoms with Crippen LogP contribution >= 0.6 is 11.6 Å². The number of carbonyl (C=O) groups is 1. The maximum Gasteiger partial charge on any atom is 0.310 e. The SMILES string of the molecule is COc1cc(-c2ccc(CC3(C(=O)O)CCOCC3)cc2COC2CCCC2)c(Cl)c(OC)n1. The lowest BCUT2D eigenvalue weighted by molar-refractivity contribution is -0.154. The monoisotopic (exact) mass is 489 g/mol. The minimum atomic E-state index is -0.815. The van der Waals surface area contributed by atoms with E-state index in [1.807, 2.05) is 12.1 Å². The minimum Gasteiger partial charge on any atom is -0.481 e. The van der Waals surface area contributed by atoms with Gasteiger partial charge in [-0.05, 0) is 48.8 Å². The standard InChI is InChI=1S/C26H32ClNO6/c1-31-22-14-21(23(27)24(28-22)32-2)20-8-7-17(13-18(20)16-34-19-5-3-4-6-19)15-26(25(29)30)9-11-33-12-10-26/h7-8,13-14,19H,3-6,9-12,15-16H2,1-2H3,(H,29,30). The second kappa shape index (κ2) is 10.9. The lowest BCUT2D eigenvalue weighted by Gasteiger charge is -2.33. The molecule has 1 aliphatic carbocycles. The van der Waals surface area contributed by atoms with E-state index >= 15 is 0 Å². The van der Waals surface area contributed by atoms with Gasteiger partial charge in [0.25, 0.3) is 0 Å². The summed E-state index contributed by atoms with van der Waals surface area (Å²) in [6.07, 6.45) is 6.19. The van der Waals surface area contributed by atoms with Gasteiger partial charge in [0.2, 0.25) is 11.8 Å². The van der Waals surface area contributed by atoms with Crippen molar-refractivity contribution in [1.82, 2.24) is 4.98 Å².